The SMILES string of the molecule is COc1n[nH]c2ncc(NC(=O)c3c(F)ccc(OCc4ccccc4)c3Cl)cc12. The van der Waals surface area contributed by atoms with Gasteiger partial charge in [0.2, 0.25) is 5.88 Å². The first kappa shape index (κ1) is 19.7. The Bertz CT molecular complexity index is 1210. The topological polar surface area (TPSA) is 89.1 Å². The number of rotatable bonds is 6. The molecule has 2 N–H and O–H groups in total. The number of methoxy groups -OCH3 is 1. The van der Waals surface area contributed by atoms with E-state index in [4.69, 9.17) is 21.1 Å². The summed E-state index contributed by atoms with van der Waals surface area (Å²) in [5.74, 6) is -0.961. The molecule has 4 aromatic rings. The molecule has 0 aliphatic heterocycles. The Hall–Kier alpha value is -3.65. The van der Waals surface area contributed by atoms with E-state index in [1.807, 2.05) is 30.3 Å². The lowest BCUT2D eigenvalue weighted by atomic mass is 10.1. The Kier molecular flexibility index (Phi) is 5.49. The quantitative estimate of drug-likeness (QED) is 0.470. The molecule has 2 aromatic heterocycles. The van der Waals surface area contributed by atoms with Crippen molar-refractivity contribution in [2.75, 3.05) is 12.4 Å². The number of nitrogens with zero attached hydrogens (tertiary/aromatic N) is 2. The molecule has 9 heteroatoms. The largest absolute Gasteiger partial charge is 0.487 e. The lowest BCUT2D eigenvalue weighted by Crippen LogP contribution is -2.15. The molecule has 0 fully saturated rings. The van der Waals surface area contributed by atoms with Crippen molar-refractivity contribution in [2.45, 2.75) is 6.61 Å². The van der Waals surface area contributed by atoms with Crippen LogP contribution in [0.15, 0.2) is 54.7 Å². The fourth-order valence-corrected chi connectivity index (χ4v) is 3.18. The first-order valence-corrected chi connectivity index (χ1v) is 9.29. The number of carbonyl (C=O) groups excluding carboxylic acids is 1. The molecular weight excluding hydrogens is 411 g/mol. The Labute approximate surface area is 175 Å². The van der Waals surface area contributed by atoms with E-state index < -0.39 is 11.7 Å². The van der Waals surface area contributed by atoms with Gasteiger partial charge in [-0.3, -0.25) is 9.89 Å². The molecule has 0 radical (unpaired) electrons. The molecule has 0 aliphatic carbocycles. The van der Waals surface area contributed by atoms with Crippen molar-refractivity contribution in [3.05, 3.63) is 76.7 Å². The van der Waals surface area contributed by atoms with Gasteiger partial charge in [0, 0.05) is 0 Å². The molecule has 0 spiro atoms. The number of halogens is 2. The number of aromatic nitrogens is 3. The van der Waals surface area contributed by atoms with Crippen molar-refractivity contribution >= 4 is 34.2 Å². The Morgan fingerprint density at radius 2 is 2.03 bits per heavy atom. The van der Waals surface area contributed by atoms with Gasteiger partial charge in [0.15, 0.2) is 5.65 Å². The molecule has 0 atom stereocenters. The van der Waals surface area contributed by atoms with E-state index in [1.54, 1.807) is 6.07 Å². The van der Waals surface area contributed by atoms with E-state index in [0.717, 1.165) is 11.6 Å². The number of carbonyl (C=O) groups is 1. The van der Waals surface area contributed by atoms with Crippen LogP contribution >= 0.6 is 11.6 Å². The molecule has 0 saturated heterocycles. The van der Waals surface area contributed by atoms with E-state index in [9.17, 15) is 9.18 Å². The molecule has 7 nitrogen and oxygen atoms in total. The summed E-state index contributed by atoms with van der Waals surface area (Å²) in [7, 11) is 1.47. The number of anilines is 1. The second kappa shape index (κ2) is 8.38. The van der Waals surface area contributed by atoms with Gasteiger partial charge >= 0.3 is 0 Å². The Balaban J connectivity index is 1.57. The summed E-state index contributed by atoms with van der Waals surface area (Å²) in [6.45, 7) is 0.230. The number of benzene rings is 2. The van der Waals surface area contributed by atoms with Crippen LogP contribution in [0, 0.1) is 5.82 Å². The zero-order valence-corrected chi connectivity index (χ0v) is 16.5. The van der Waals surface area contributed by atoms with Gasteiger partial charge in [-0.1, -0.05) is 41.9 Å². The maximum atomic E-state index is 14.4. The minimum Gasteiger partial charge on any atom is -0.487 e. The van der Waals surface area contributed by atoms with Crippen LogP contribution in [0.1, 0.15) is 15.9 Å². The Morgan fingerprint density at radius 3 is 2.80 bits per heavy atom. The van der Waals surface area contributed by atoms with Gasteiger partial charge in [0.1, 0.15) is 18.2 Å². The van der Waals surface area contributed by atoms with Gasteiger partial charge in [-0.05, 0) is 23.8 Å². The summed E-state index contributed by atoms with van der Waals surface area (Å²) in [6, 6.07) is 13.6. The first-order chi connectivity index (χ1) is 14.6. The molecule has 2 aromatic carbocycles. The number of ether oxygens (including phenoxy) is 2. The molecule has 30 heavy (non-hydrogen) atoms. The molecule has 4 rings (SSSR count). The van der Waals surface area contributed by atoms with Gasteiger partial charge < -0.3 is 14.8 Å². The van der Waals surface area contributed by atoms with Crippen LogP contribution in [0.5, 0.6) is 11.6 Å². The van der Waals surface area contributed by atoms with Gasteiger partial charge in [0.05, 0.1) is 35.0 Å². The van der Waals surface area contributed by atoms with Crippen LogP contribution in [0.2, 0.25) is 5.02 Å². The number of fused-ring (bicyclic) bond motifs is 1. The molecule has 152 valence electrons. The molecule has 1 amide bonds. The maximum Gasteiger partial charge on any atom is 0.260 e. The predicted molar refractivity (Wildman–Crippen MR) is 111 cm³/mol. The average Bonchev–Trinajstić information content (AvgIpc) is 3.16. The van der Waals surface area contributed by atoms with Crippen LogP contribution in [-0.4, -0.2) is 28.2 Å². The smallest absolute Gasteiger partial charge is 0.260 e. The van der Waals surface area contributed by atoms with E-state index >= 15 is 0 Å². The molecule has 0 unspecified atom stereocenters. The number of H-pyrrole nitrogens is 1. The van der Waals surface area contributed by atoms with Crippen molar-refractivity contribution in [3.8, 4) is 11.6 Å². The molecule has 0 saturated carbocycles. The fraction of sp³-hybridized carbons (Fsp3) is 0.0952. The fourth-order valence-electron chi connectivity index (χ4n) is 2.89. The lowest BCUT2D eigenvalue weighted by Gasteiger charge is -2.12. The highest BCUT2D eigenvalue weighted by molar-refractivity contribution is 6.35. The lowest BCUT2D eigenvalue weighted by molar-refractivity contribution is 0.102. The second-order valence-corrected chi connectivity index (χ2v) is 6.69. The number of pyridine rings is 1. The van der Waals surface area contributed by atoms with Crippen molar-refractivity contribution < 1.29 is 18.7 Å². The molecule has 0 aliphatic rings. The summed E-state index contributed by atoms with van der Waals surface area (Å²) >= 11 is 6.29. The van der Waals surface area contributed by atoms with E-state index in [0.29, 0.717) is 22.6 Å². The maximum absolute atomic E-state index is 14.4. The number of nitrogens with one attached hydrogen (secondary N) is 2. The third-order valence-corrected chi connectivity index (χ3v) is 4.73. The van der Waals surface area contributed by atoms with Gasteiger partial charge in [-0.15, -0.1) is 5.10 Å². The Morgan fingerprint density at radius 1 is 1.23 bits per heavy atom. The van der Waals surface area contributed by atoms with Crippen LogP contribution in [0.25, 0.3) is 11.0 Å². The second-order valence-electron chi connectivity index (χ2n) is 6.32. The van der Waals surface area contributed by atoms with Crippen LogP contribution in [0.3, 0.4) is 0 Å². The number of amides is 1. The van der Waals surface area contributed by atoms with Crippen molar-refractivity contribution in [3.63, 3.8) is 0 Å². The highest BCUT2D eigenvalue weighted by atomic mass is 35.5. The summed E-state index contributed by atoms with van der Waals surface area (Å²) in [4.78, 5) is 16.9. The number of hydrogen-bond donors (Lipinski definition) is 2. The highest BCUT2D eigenvalue weighted by Crippen LogP contribution is 2.32. The van der Waals surface area contributed by atoms with Crippen LogP contribution in [0.4, 0.5) is 10.1 Å². The zero-order valence-electron chi connectivity index (χ0n) is 15.8. The zero-order chi connectivity index (χ0) is 21.1. The van der Waals surface area contributed by atoms with Crippen molar-refractivity contribution in [1.29, 1.82) is 0 Å². The highest BCUT2D eigenvalue weighted by Gasteiger charge is 2.21. The minimum atomic E-state index is -0.764. The van der Waals surface area contributed by atoms with Crippen molar-refractivity contribution in [2.24, 2.45) is 0 Å². The third-order valence-electron chi connectivity index (χ3n) is 4.35. The van der Waals surface area contributed by atoms with Crippen molar-refractivity contribution in [1.82, 2.24) is 15.2 Å². The minimum absolute atomic E-state index is 0.113. The standard InChI is InChI=1S/C21H16ClFN4O3/c1-29-21-14-9-13(10-24-19(14)26-27-21)25-20(28)17-15(23)7-8-16(18(17)22)30-11-12-5-3-2-4-6-12/h2-10H,11H2,1H3,(H,25,28)(H,24,26,27). The summed E-state index contributed by atoms with van der Waals surface area (Å²) < 4.78 is 25.2. The van der Waals surface area contributed by atoms with Gasteiger partial charge in [0.25, 0.3) is 5.91 Å². The molecule has 0 bridgehead atoms. The third kappa shape index (κ3) is 3.90. The van der Waals surface area contributed by atoms with E-state index in [-0.39, 0.29) is 22.9 Å². The summed E-state index contributed by atoms with van der Waals surface area (Å²) in [6.07, 6.45) is 1.42. The van der Waals surface area contributed by atoms with Crippen LogP contribution in [-0.2, 0) is 6.61 Å². The molecule has 2 heterocycles. The van der Waals surface area contributed by atoms with Gasteiger partial charge in [-0.2, -0.15) is 0 Å². The molecular formula is C21H16ClFN4O3. The average molecular weight is 427 g/mol. The first-order valence-electron chi connectivity index (χ1n) is 8.91. The number of hydrogen-bond acceptors (Lipinski definition) is 5. The monoisotopic (exact) mass is 426 g/mol. The number of aromatic amines is 1. The van der Waals surface area contributed by atoms with Gasteiger partial charge in [-0.25, -0.2) is 9.37 Å². The normalized spacial score (nSPS) is 10.8. The van der Waals surface area contributed by atoms with E-state index in [2.05, 4.69) is 20.5 Å². The summed E-state index contributed by atoms with van der Waals surface area (Å²) in [5.41, 5.74) is 1.42. The van der Waals surface area contributed by atoms with E-state index in [1.165, 1.54) is 19.4 Å². The predicted octanol–water partition coefficient (Wildman–Crippen LogP) is 4.59. The van der Waals surface area contributed by atoms with Crippen LogP contribution < -0.4 is 14.8 Å². The summed E-state index contributed by atoms with van der Waals surface area (Å²) in [5, 5.41) is 9.72.